The van der Waals surface area contributed by atoms with E-state index >= 15 is 0 Å². The third-order valence-electron chi connectivity index (χ3n) is 3.99. The maximum Gasteiger partial charge on any atom is 0.155 e. The third kappa shape index (κ3) is 2.63. The molecule has 1 saturated heterocycles. The quantitative estimate of drug-likeness (QED) is 0.919. The van der Waals surface area contributed by atoms with E-state index in [-0.39, 0.29) is 0 Å². The summed E-state index contributed by atoms with van der Waals surface area (Å²) in [5.41, 5.74) is 3.47. The van der Waals surface area contributed by atoms with Gasteiger partial charge in [-0.25, -0.2) is 9.50 Å². The zero-order valence-corrected chi connectivity index (χ0v) is 11.8. The molecule has 0 atom stereocenters. The molecule has 2 aromatic rings. The summed E-state index contributed by atoms with van der Waals surface area (Å²) in [6.07, 6.45) is 5.47. The Bertz CT molecular complexity index is 552. The van der Waals surface area contributed by atoms with Crippen molar-refractivity contribution in [3.8, 4) is 0 Å². The maximum atomic E-state index is 4.75. The van der Waals surface area contributed by atoms with Crippen molar-refractivity contribution in [3.05, 3.63) is 29.7 Å². The van der Waals surface area contributed by atoms with Crippen molar-refractivity contribution >= 4 is 5.65 Å². The van der Waals surface area contributed by atoms with Gasteiger partial charge in [-0.1, -0.05) is 13.8 Å². The van der Waals surface area contributed by atoms with Crippen molar-refractivity contribution in [1.29, 1.82) is 0 Å². The summed E-state index contributed by atoms with van der Waals surface area (Å²) in [4.78, 5) is 4.75. The smallest absolute Gasteiger partial charge is 0.155 e. The lowest BCUT2D eigenvalue weighted by Crippen LogP contribution is -2.28. The minimum absolute atomic E-state index is 0.470. The molecule has 1 aliphatic heterocycles. The summed E-state index contributed by atoms with van der Waals surface area (Å²) < 4.78 is 1.97. The fourth-order valence-electron chi connectivity index (χ4n) is 2.89. The zero-order chi connectivity index (χ0) is 13.2. The first-order valence-electron chi connectivity index (χ1n) is 7.28. The average Bonchev–Trinajstić information content (AvgIpc) is 2.87. The van der Waals surface area contributed by atoms with Crippen LogP contribution in [0.4, 0.5) is 0 Å². The molecule has 3 rings (SSSR count). The van der Waals surface area contributed by atoms with Crippen molar-refractivity contribution < 1.29 is 0 Å². The van der Waals surface area contributed by atoms with Crippen LogP contribution in [0.1, 0.15) is 44.0 Å². The van der Waals surface area contributed by atoms with Gasteiger partial charge in [-0.15, -0.1) is 0 Å². The molecular formula is C15H22N4. The molecule has 0 unspecified atom stereocenters. The number of nitrogens with zero attached hydrogens (tertiary/aromatic N) is 3. The molecule has 1 fully saturated rings. The van der Waals surface area contributed by atoms with Crippen molar-refractivity contribution in [1.82, 2.24) is 19.9 Å². The highest BCUT2D eigenvalue weighted by molar-refractivity contribution is 5.39. The van der Waals surface area contributed by atoms with Crippen LogP contribution in [0.15, 0.2) is 18.3 Å². The van der Waals surface area contributed by atoms with Gasteiger partial charge in [0.1, 0.15) is 0 Å². The molecular weight excluding hydrogens is 236 g/mol. The van der Waals surface area contributed by atoms with Crippen LogP contribution in [0.5, 0.6) is 0 Å². The van der Waals surface area contributed by atoms with Gasteiger partial charge in [-0.05, 0) is 50.3 Å². The fourth-order valence-corrected chi connectivity index (χ4v) is 2.89. The van der Waals surface area contributed by atoms with Crippen molar-refractivity contribution in [3.63, 3.8) is 0 Å². The summed E-state index contributed by atoms with van der Waals surface area (Å²) in [5, 5.41) is 7.79. The summed E-state index contributed by atoms with van der Waals surface area (Å²) in [6, 6.07) is 4.24. The Balaban J connectivity index is 1.90. The highest BCUT2D eigenvalue weighted by Crippen LogP contribution is 2.21. The normalized spacial score (nSPS) is 17.4. The molecule has 0 radical (unpaired) electrons. The molecule has 0 amide bonds. The molecule has 0 bridgehead atoms. The second-order valence-electron chi connectivity index (χ2n) is 5.83. The van der Waals surface area contributed by atoms with Gasteiger partial charge in [0.05, 0.1) is 6.20 Å². The van der Waals surface area contributed by atoms with Crippen molar-refractivity contribution in [2.75, 3.05) is 13.1 Å². The number of fused-ring (bicyclic) bond motifs is 1. The van der Waals surface area contributed by atoms with E-state index in [4.69, 9.17) is 4.98 Å². The van der Waals surface area contributed by atoms with E-state index in [9.17, 15) is 0 Å². The SMILES string of the molecule is CC(C)c1cc(CC2CCNCC2)nc2ccnn12. The largest absolute Gasteiger partial charge is 0.317 e. The first kappa shape index (κ1) is 12.6. The Morgan fingerprint density at radius 1 is 1.37 bits per heavy atom. The van der Waals surface area contributed by atoms with E-state index < -0.39 is 0 Å². The molecule has 0 aliphatic carbocycles. The van der Waals surface area contributed by atoms with Gasteiger partial charge in [0.15, 0.2) is 5.65 Å². The Morgan fingerprint density at radius 3 is 2.89 bits per heavy atom. The Hall–Kier alpha value is -1.42. The molecule has 3 heterocycles. The van der Waals surface area contributed by atoms with E-state index in [0.717, 1.165) is 31.1 Å². The van der Waals surface area contributed by atoms with Crippen LogP contribution in [0.2, 0.25) is 0 Å². The number of aromatic nitrogens is 3. The number of piperidine rings is 1. The van der Waals surface area contributed by atoms with Crippen LogP contribution in [-0.2, 0) is 6.42 Å². The van der Waals surface area contributed by atoms with Crippen LogP contribution in [0.3, 0.4) is 0 Å². The number of hydrogen-bond donors (Lipinski definition) is 1. The zero-order valence-electron chi connectivity index (χ0n) is 11.8. The molecule has 2 aromatic heterocycles. The molecule has 0 spiro atoms. The Morgan fingerprint density at radius 2 is 2.16 bits per heavy atom. The lowest BCUT2D eigenvalue weighted by Gasteiger charge is -2.22. The average molecular weight is 258 g/mol. The van der Waals surface area contributed by atoms with Crippen LogP contribution in [0, 0.1) is 5.92 Å². The van der Waals surface area contributed by atoms with E-state index in [2.05, 4.69) is 30.3 Å². The first-order valence-corrected chi connectivity index (χ1v) is 7.28. The standard InChI is InChI=1S/C15H22N4/c1-11(2)14-10-13(9-12-3-6-16-7-4-12)18-15-5-8-17-19(14)15/h5,8,10-12,16H,3-4,6-7,9H2,1-2H3. The monoisotopic (exact) mass is 258 g/mol. The van der Waals surface area contributed by atoms with Crippen molar-refractivity contribution in [2.24, 2.45) is 5.92 Å². The lowest BCUT2D eigenvalue weighted by atomic mass is 9.92. The third-order valence-corrected chi connectivity index (χ3v) is 3.99. The summed E-state index contributed by atoms with van der Waals surface area (Å²) in [6.45, 7) is 6.72. The lowest BCUT2D eigenvalue weighted by molar-refractivity contribution is 0.370. The minimum atomic E-state index is 0.470. The Kier molecular flexibility index (Phi) is 3.51. The highest BCUT2D eigenvalue weighted by Gasteiger charge is 2.16. The fraction of sp³-hybridized carbons (Fsp3) is 0.600. The van der Waals surface area contributed by atoms with Gasteiger partial charge in [-0.3, -0.25) is 0 Å². The summed E-state index contributed by atoms with van der Waals surface area (Å²) >= 11 is 0. The van der Waals surface area contributed by atoms with E-state index in [1.54, 1.807) is 0 Å². The van der Waals surface area contributed by atoms with Crippen LogP contribution < -0.4 is 5.32 Å². The van der Waals surface area contributed by atoms with Gasteiger partial charge < -0.3 is 5.32 Å². The van der Waals surface area contributed by atoms with Crippen LogP contribution in [0.25, 0.3) is 5.65 Å². The van der Waals surface area contributed by atoms with E-state index in [1.807, 2.05) is 16.8 Å². The Labute approximate surface area is 114 Å². The molecule has 0 saturated carbocycles. The molecule has 0 aromatic carbocycles. The molecule has 1 aliphatic rings. The first-order chi connectivity index (χ1) is 9.24. The van der Waals surface area contributed by atoms with Crippen LogP contribution in [-0.4, -0.2) is 27.7 Å². The minimum Gasteiger partial charge on any atom is -0.317 e. The van der Waals surface area contributed by atoms with Gasteiger partial charge in [-0.2, -0.15) is 5.10 Å². The summed E-state index contributed by atoms with van der Waals surface area (Å²) in [5.74, 6) is 1.25. The molecule has 19 heavy (non-hydrogen) atoms. The predicted molar refractivity (Wildman–Crippen MR) is 76.4 cm³/mol. The maximum absolute atomic E-state index is 4.75. The van der Waals surface area contributed by atoms with E-state index in [0.29, 0.717) is 5.92 Å². The molecule has 102 valence electrons. The number of nitrogens with one attached hydrogen (secondary N) is 1. The summed E-state index contributed by atoms with van der Waals surface area (Å²) in [7, 11) is 0. The molecule has 4 heteroatoms. The van der Waals surface area contributed by atoms with Crippen molar-refractivity contribution in [2.45, 2.75) is 39.0 Å². The molecule has 1 N–H and O–H groups in total. The predicted octanol–water partition coefficient (Wildman–Crippen LogP) is 2.39. The van der Waals surface area contributed by atoms with Gasteiger partial charge >= 0.3 is 0 Å². The van der Waals surface area contributed by atoms with E-state index in [1.165, 1.54) is 24.2 Å². The topological polar surface area (TPSA) is 42.2 Å². The molecule has 4 nitrogen and oxygen atoms in total. The highest BCUT2D eigenvalue weighted by atomic mass is 15.2. The van der Waals surface area contributed by atoms with Gasteiger partial charge in [0.2, 0.25) is 0 Å². The van der Waals surface area contributed by atoms with Crippen LogP contribution >= 0.6 is 0 Å². The number of hydrogen-bond acceptors (Lipinski definition) is 3. The van der Waals surface area contributed by atoms with Gasteiger partial charge in [0, 0.05) is 17.5 Å². The van der Waals surface area contributed by atoms with Gasteiger partial charge in [0.25, 0.3) is 0 Å². The second kappa shape index (κ2) is 5.29. The second-order valence-corrected chi connectivity index (χ2v) is 5.83. The number of rotatable bonds is 3.